The second-order valence-electron chi connectivity index (χ2n) is 10.2. The summed E-state index contributed by atoms with van der Waals surface area (Å²) in [5.74, 6) is -2.10. The highest BCUT2D eigenvalue weighted by atomic mass is 35.5. The monoisotopic (exact) mass is 557 g/mol. The van der Waals surface area contributed by atoms with Crippen molar-refractivity contribution in [1.29, 1.82) is 0 Å². The summed E-state index contributed by atoms with van der Waals surface area (Å²) in [4.78, 5) is 32.0. The van der Waals surface area contributed by atoms with Gasteiger partial charge in [0.05, 0.1) is 23.6 Å². The third kappa shape index (κ3) is 10.5. The van der Waals surface area contributed by atoms with Crippen molar-refractivity contribution < 1.29 is 24.6 Å². The summed E-state index contributed by atoms with van der Waals surface area (Å²) in [5.41, 5.74) is 5.63. The first-order valence-electron chi connectivity index (χ1n) is 13.9. The molecule has 0 spiro atoms. The van der Waals surface area contributed by atoms with Crippen LogP contribution in [0.15, 0.2) is 36.4 Å². The molecule has 0 aromatic heterocycles. The lowest BCUT2D eigenvalue weighted by atomic mass is 9.96. The predicted octanol–water partition coefficient (Wildman–Crippen LogP) is 5.42. The van der Waals surface area contributed by atoms with Crippen molar-refractivity contribution in [3.8, 4) is 0 Å². The number of amides is 1. The van der Waals surface area contributed by atoms with Crippen LogP contribution in [0.4, 0.5) is 5.69 Å². The average molecular weight is 558 g/mol. The standard InChI is InChI=1S/C26H34ClN3O.C4H6O4/c27-24-13-12-20-14-16-28-17-15-23(20)25(24)29-18-19-8-10-21(11-9-19)26(31)30-22-6-4-2-1-3-5-7-22;5-3(6)1-2-4(7)8/h8-13,22,28-29H,1-7,14-18H2,(H,30,31);1-2H2,(H,5,6)(H,7,8). The van der Waals surface area contributed by atoms with Crippen molar-refractivity contribution in [1.82, 2.24) is 10.6 Å². The Balaban J connectivity index is 0.000000459. The molecule has 212 valence electrons. The van der Waals surface area contributed by atoms with Crippen molar-refractivity contribution in [2.45, 2.75) is 83.2 Å². The number of carboxylic acid groups (broad SMARTS) is 2. The highest BCUT2D eigenvalue weighted by molar-refractivity contribution is 6.33. The normalized spacial score (nSPS) is 15.8. The number of carboxylic acids is 2. The lowest BCUT2D eigenvalue weighted by molar-refractivity contribution is -0.143. The molecule has 1 aliphatic carbocycles. The molecule has 8 nitrogen and oxygen atoms in total. The number of rotatable bonds is 8. The van der Waals surface area contributed by atoms with Crippen LogP contribution in [0.25, 0.3) is 0 Å². The van der Waals surface area contributed by atoms with E-state index in [0.717, 1.165) is 60.6 Å². The second-order valence-corrected chi connectivity index (χ2v) is 10.6. The van der Waals surface area contributed by atoms with Crippen LogP contribution >= 0.6 is 11.6 Å². The largest absolute Gasteiger partial charge is 0.481 e. The SMILES string of the molecule is O=C(NC1CCCCCCC1)c1ccc(CNc2c(Cl)ccc3c2CCNCC3)cc1.O=C(O)CCC(=O)O. The Bertz CT molecular complexity index is 1080. The molecule has 0 bridgehead atoms. The summed E-state index contributed by atoms with van der Waals surface area (Å²) in [6.45, 7) is 2.68. The smallest absolute Gasteiger partial charge is 0.303 e. The van der Waals surface area contributed by atoms with Crippen molar-refractivity contribution >= 4 is 35.1 Å². The van der Waals surface area contributed by atoms with E-state index in [1.807, 2.05) is 30.3 Å². The minimum atomic E-state index is -1.08. The Hall–Kier alpha value is -3.10. The molecule has 5 N–H and O–H groups in total. The van der Waals surface area contributed by atoms with Gasteiger partial charge in [0.2, 0.25) is 0 Å². The number of carbonyl (C=O) groups excluding carboxylic acids is 1. The summed E-state index contributed by atoms with van der Waals surface area (Å²) in [7, 11) is 0. The van der Waals surface area contributed by atoms with Gasteiger partial charge in [-0.05, 0) is 73.7 Å². The number of hydrogen-bond donors (Lipinski definition) is 5. The van der Waals surface area contributed by atoms with Gasteiger partial charge in [0, 0.05) is 18.2 Å². The lowest BCUT2D eigenvalue weighted by Gasteiger charge is -2.21. The summed E-state index contributed by atoms with van der Waals surface area (Å²) in [6, 6.07) is 12.4. The Labute approximate surface area is 235 Å². The summed E-state index contributed by atoms with van der Waals surface area (Å²) >= 11 is 6.53. The van der Waals surface area contributed by atoms with Gasteiger partial charge in [0.15, 0.2) is 0 Å². The molecule has 9 heteroatoms. The molecule has 2 aromatic carbocycles. The number of carbonyl (C=O) groups is 3. The molecule has 1 amide bonds. The van der Waals surface area contributed by atoms with Crippen LogP contribution in [0.1, 0.15) is 84.8 Å². The van der Waals surface area contributed by atoms with Gasteiger partial charge in [-0.1, -0.05) is 61.9 Å². The maximum absolute atomic E-state index is 12.7. The lowest BCUT2D eigenvalue weighted by Crippen LogP contribution is -2.35. The van der Waals surface area contributed by atoms with Gasteiger partial charge in [-0.25, -0.2) is 0 Å². The molecular formula is C30H40ClN3O5. The minimum absolute atomic E-state index is 0.0500. The first kappa shape index (κ1) is 30.4. The molecule has 0 saturated heterocycles. The van der Waals surface area contributed by atoms with Gasteiger partial charge in [-0.15, -0.1) is 0 Å². The number of benzene rings is 2. The first-order chi connectivity index (χ1) is 18.8. The van der Waals surface area contributed by atoms with Gasteiger partial charge in [-0.2, -0.15) is 0 Å². The molecule has 2 aromatic rings. The van der Waals surface area contributed by atoms with Gasteiger partial charge in [0.1, 0.15) is 0 Å². The van der Waals surface area contributed by atoms with Crippen LogP contribution in [0.2, 0.25) is 5.02 Å². The molecule has 4 rings (SSSR count). The maximum atomic E-state index is 12.7. The van der Waals surface area contributed by atoms with E-state index < -0.39 is 11.9 Å². The third-order valence-corrected chi connectivity index (χ3v) is 7.48. The second kappa shape index (κ2) is 16.1. The van der Waals surface area contributed by atoms with E-state index in [1.165, 1.54) is 43.2 Å². The highest BCUT2D eigenvalue weighted by Gasteiger charge is 2.16. The Morgan fingerprint density at radius 3 is 2.10 bits per heavy atom. The minimum Gasteiger partial charge on any atom is -0.481 e. The van der Waals surface area contributed by atoms with Crippen LogP contribution in [0.3, 0.4) is 0 Å². The fraction of sp³-hybridized carbons (Fsp3) is 0.500. The number of nitrogens with one attached hydrogen (secondary N) is 3. The zero-order chi connectivity index (χ0) is 28.0. The zero-order valence-electron chi connectivity index (χ0n) is 22.4. The van der Waals surface area contributed by atoms with E-state index in [2.05, 4.69) is 22.0 Å². The fourth-order valence-corrected chi connectivity index (χ4v) is 5.23. The Kier molecular flexibility index (Phi) is 12.6. The zero-order valence-corrected chi connectivity index (χ0v) is 23.2. The van der Waals surface area contributed by atoms with E-state index in [0.29, 0.717) is 12.6 Å². The maximum Gasteiger partial charge on any atom is 0.303 e. The molecule has 2 aliphatic rings. The first-order valence-corrected chi connectivity index (χ1v) is 14.3. The summed E-state index contributed by atoms with van der Waals surface area (Å²) < 4.78 is 0. The van der Waals surface area contributed by atoms with Gasteiger partial charge in [-0.3, -0.25) is 14.4 Å². The molecule has 0 atom stereocenters. The van der Waals surface area contributed by atoms with Gasteiger partial charge < -0.3 is 26.2 Å². The average Bonchev–Trinajstić information content (AvgIpc) is 3.15. The number of hydrogen-bond acceptors (Lipinski definition) is 5. The van der Waals surface area contributed by atoms with Crippen LogP contribution in [0.5, 0.6) is 0 Å². The van der Waals surface area contributed by atoms with Gasteiger partial charge >= 0.3 is 11.9 Å². The number of fused-ring (bicyclic) bond motifs is 1. The number of halogens is 1. The van der Waals surface area contributed by atoms with E-state index in [-0.39, 0.29) is 18.7 Å². The molecule has 1 aliphatic heterocycles. The van der Waals surface area contributed by atoms with Crippen LogP contribution < -0.4 is 16.0 Å². The molecule has 0 radical (unpaired) electrons. The quantitative estimate of drug-likeness (QED) is 0.293. The van der Waals surface area contributed by atoms with Crippen molar-refractivity contribution in [3.63, 3.8) is 0 Å². The van der Waals surface area contributed by atoms with Crippen molar-refractivity contribution in [2.24, 2.45) is 0 Å². The van der Waals surface area contributed by atoms with E-state index in [9.17, 15) is 14.4 Å². The molecule has 1 heterocycles. The number of anilines is 1. The molecule has 1 fully saturated rings. The van der Waals surface area contributed by atoms with Crippen LogP contribution in [-0.2, 0) is 29.0 Å². The van der Waals surface area contributed by atoms with Crippen molar-refractivity contribution in [3.05, 3.63) is 63.7 Å². The van der Waals surface area contributed by atoms with E-state index in [1.54, 1.807) is 0 Å². The fourth-order valence-electron chi connectivity index (χ4n) is 4.98. The highest BCUT2D eigenvalue weighted by Crippen LogP contribution is 2.31. The van der Waals surface area contributed by atoms with Gasteiger partial charge in [0.25, 0.3) is 5.91 Å². The van der Waals surface area contributed by atoms with E-state index >= 15 is 0 Å². The Morgan fingerprint density at radius 2 is 1.46 bits per heavy atom. The van der Waals surface area contributed by atoms with Crippen LogP contribution in [0, 0.1) is 0 Å². The Morgan fingerprint density at radius 1 is 0.846 bits per heavy atom. The molecule has 0 unspecified atom stereocenters. The van der Waals surface area contributed by atoms with Crippen molar-refractivity contribution in [2.75, 3.05) is 18.4 Å². The summed E-state index contributed by atoms with van der Waals surface area (Å²) in [6.07, 6.45) is 9.99. The number of aliphatic carboxylic acids is 2. The van der Waals surface area contributed by atoms with Crippen LogP contribution in [-0.4, -0.2) is 47.2 Å². The predicted molar refractivity (Wildman–Crippen MR) is 154 cm³/mol. The molecule has 1 saturated carbocycles. The van der Waals surface area contributed by atoms with E-state index in [4.69, 9.17) is 21.8 Å². The molecular weight excluding hydrogens is 518 g/mol. The topological polar surface area (TPSA) is 128 Å². The third-order valence-electron chi connectivity index (χ3n) is 7.16. The summed E-state index contributed by atoms with van der Waals surface area (Å²) in [5, 5.41) is 26.8. The molecule has 39 heavy (non-hydrogen) atoms.